The zero-order valence-electron chi connectivity index (χ0n) is 18.0. The van der Waals surface area contributed by atoms with Crippen molar-refractivity contribution >= 4 is 23.6 Å². The minimum atomic E-state index is -0.686. The molecular weight excluding hydrogens is 438 g/mol. The molecule has 2 heterocycles. The number of primary amides is 1. The third kappa shape index (κ3) is 4.52. The number of hydrogen-bond donors (Lipinski definition) is 2. The van der Waals surface area contributed by atoms with Gasteiger partial charge in [0.1, 0.15) is 5.75 Å². The van der Waals surface area contributed by atoms with Crippen LogP contribution in [0.3, 0.4) is 0 Å². The standard InChI is InChI=1S/C25H20ClN5O2/c1-15-3-8-18(26)14-20(15)22-13-17(7-4-16-5-9-19(33-2)10-6-16)23(31(22)25(28)32)21-11-12-29-24(27)30-21/h3,5-6,8-14H,1-2H3,(H2,28,32)(H2,27,29,30). The van der Waals surface area contributed by atoms with Crippen molar-refractivity contribution in [2.45, 2.75) is 6.92 Å². The van der Waals surface area contributed by atoms with Gasteiger partial charge in [-0.3, -0.25) is 4.57 Å². The second kappa shape index (κ2) is 9.07. The number of carbonyl (C=O) groups is 1. The van der Waals surface area contributed by atoms with Crippen LogP contribution >= 0.6 is 11.6 Å². The molecule has 1 amide bonds. The van der Waals surface area contributed by atoms with Crippen LogP contribution in [0.5, 0.6) is 5.75 Å². The molecule has 0 fully saturated rings. The van der Waals surface area contributed by atoms with Gasteiger partial charge >= 0.3 is 6.03 Å². The van der Waals surface area contributed by atoms with Crippen LogP contribution in [-0.2, 0) is 0 Å². The molecule has 0 spiro atoms. The van der Waals surface area contributed by atoms with Crippen LogP contribution in [0.15, 0.2) is 60.8 Å². The smallest absolute Gasteiger partial charge is 0.324 e. The second-order valence-electron chi connectivity index (χ2n) is 7.20. The lowest BCUT2D eigenvalue weighted by molar-refractivity contribution is 0.251. The Hall–Kier alpha value is -4.28. The quantitative estimate of drug-likeness (QED) is 0.440. The summed E-state index contributed by atoms with van der Waals surface area (Å²) in [6.07, 6.45) is 1.51. The molecule has 4 N–H and O–H groups in total. The van der Waals surface area contributed by atoms with Crippen molar-refractivity contribution < 1.29 is 9.53 Å². The molecule has 0 saturated heterocycles. The molecule has 0 unspecified atom stereocenters. The Morgan fingerprint density at radius 3 is 2.52 bits per heavy atom. The van der Waals surface area contributed by atoms with Gasteiger partial charge in [0.2, 0.25) is 5.95 Å². The van der Waals surface area contributed by atoms with Crippen LogP contribution < -0.4 is 16.2 Å². The highest BCUT2D eigenvalue weighted by Crippen LogP contribution is 2.34. The number of amides is 1. The number of nitrogens with zero attached hydrogens (tertiary/aromatic N) is 3. The van der Waals surface area contributed by atoms with E-state index in [1.54, 1.807) is 31.4 Å². The van der Waals surface area contributed by atoms with Gasteiger partial charge in [0.25, 0.3) is 0 Å². The van der Waals surface area contributed by atoms with Gasteiger partial charge in [0.15, 0.2) is 0 Å². The molecule has 0 aliphatic heterocycles. The Bertz CT molecular complexity index is 1420. The van der Waals surface area contributed by atoms with E-state index in [1.807, 2.05) is 37.3 Å². The first-order chi connectivity index (χ1) is 15.9. The monoisotopic (exact) mass is 457 g/mol. The van der Waals surface area contributed by atoms with Crippen molar-refractivity contribution in [2.75, 3.05) is 12.8 Å². The van der Waals surface area contributed by atoms with Crippen LogP contribution in [0.2, 0.25) is 5.02 Å². The lowest BCUT2D eigenvalue weighted by atomic mass is 10.1. The maximum Gasteiger partial charge on any atom is 0.324 e. The SMILES string of the molecule is COc1ccc(C#Cc2cc(-c3cc(Cl)ccc3C)n(C(N)=O)c2-c2ccnc(N)n2)cc1. The molecule has 33 heavy (non-hydrogen) atoms. The number of aromatic nitrogens is 3. The van der Waals surface area contributed by atoms with Crippen molar-refractivity contribution in [2.24, 2.45) is 5.73 Å². The fourth-order valence-electron chi connectivity index (χ4n) is 3.48. The van der Waals surface area contributed by atoms with E-state index < -0.39 is 6.03 Å². The van der Waals surface area contributed by atoms with Gasteiger partial charge in [-0.1, -0.05) is 29.5 Å². The minimum Gasteiger partial charge on any atom is -0.497 e. The van der Waals surface area contributed by atoms with E-state index in [0.29, 0.717) is 27.7 Å². The number of ether oxygens (including phenoxy) is 1. The molecule has 8 heteroatoms. The summed E-state index contributed by atoms with van der Waals surface area (Å²) in [6.45, 7) is 1.93. The second-order valence-corrected chi connectivity index (χ2v) is 7.64. The van der Waals surface area contributed by atoms with Crippen LogP contribution in [0, 0.1) is 18.8 Å². The van der Waals surface area contributed by atoms with Gasteiger partial charge in [-0.2, -0.15) is 0 Å². The number of nitrogens with two attached hydrogens (primary N) is 2. The average Bonchev–Trinajstić information content (AvgIpc) is 3.19. The first-order valence-corrected chi connectivity index (χ1v) is 10.3. The van der Waals surface area contributed by atoms with E-state index in [-0.39, 0.29) is 5.95 Å². The molecule has 164 valence electrons. The van der Waals surface area contributed by atoms with Gasteiger partial charge in [0.05, 0.1) is 29.8 Å². The third-order valence-corrected chi connectivity index (χ3v) is 5.28. The number of anilines is 1. The van der Waals surface area contributed by atoms with Gasteiger partial charge in [-0.25, -0.2) is 14.8 Å². The number of halogens is 1. The predicted molar refractivity (Wildman–Crippen MR) is 129 cm³/mol. The average molecular weight is 458 g/mol. The molecule has 2 aromatic heterocycles. The van der Waals surface area contributed by atoms with E-state index in [2.05, 4.69) is 21.8 Å². The summed E-state index contributed by atoms with van der Waals surface area (Å²) in [7, 11) is 1.60. The highest BCUT2D eigenvalue weighted by atomic mass is 35.5. The zero-order chi connectivity index (χ0) is 23.5. The molecule has 7 nitrogen and oxygen atoms in total. The molecule has 4 rings (SSSR count). The van der Waals surface area contributed by atoms with Crippen molar-refractivity contribution in [1.29, 1.82) is 0 Å². The van der Waals surface area contributed by atoms with Crippen molar-refractivity contribution in [1.82, 2.24) is 14.5 Å². The van der Waals surface area contributed by atoms with Crippen molar-refractivity contribution in [3.8, 4) is 40.2 Å². The number of hydrogen-bond acceptors (Lipinski definition) is 5. The first kappa shape index (κ1) is 21.9. The molecule has 0 atom stereocenters. The summed E-state index contributed by atoms with van der Waals surface area (Å²) in [4.78, 5) is 20.9. The van der Waals surface area contributed by atoms with E-state index in [9.17, 15) is 4.79 Å². The highest BCUT2D eigenvalue weighted by molar-refractivity contribution is 6.30. The molecule has 0 radical (unpaired) electrons. The summed E-state index contributed by atoms with van der Waals surface area (Å²) in [5.41, 5.74) is 16.0. The Balaban J connectivity index is 1.98. The van der Waals surface area contributed by atoms with Crippen LogP contribution in [0.25, 0.3) is 22.6 Å². The number of aryl methyl sites for hydroxylation is 1. The lowest BCUT2D eigenvalue weighted by Gasteiger charge is -2.12. The lowest BCUT2D eigenvalue weighted by Crippen LogP contribution is -2.22. The predicted octanol–water partition coefficient (Wildman–Crippen LogP) is 4.49. The maximum absolute atomic E-state index is 12.6. The first-order valence-electron chi connectivity index (χ1n) is 9.94. The minimum absolute atomic E-state index is 0.0688. The topological polar surface area (TPSA) is 109 Å². The van der Waals surface area contributed by atoms with Gasteiger partial charge < -0.3 is 16.2 Å². The summed E-state index contributed by atoms with van der Waals surface area (Å²) >= 11 is 6.25. The van der Waals surface area contributed by atoms with Crippen molar-refractivity contribution in [3.63, 3.8) is 0 Å². The van der Waals surface area contributed by atoms with Crippen LogP contribution in [0.4, 0.5) is 10.7 Å². The van der Waals surface area contributed by atoms with E-state index in [4.69, 9.17) is 27.8 Å². The summed E-state index contributed by atoms with van der Waals surface area (Å²) < 4.78 is 6.57. The number of rotatable bonds is 3. The van der Waals surface area contributed by atoms with E-state index in [0.717, 1.165) is 22.4 Å². The highest BCUT2D eigenvalue weighted by Gasteiger charge is 2.22. The number of nitrogen functional groups attached to an aromatic ring is 1. The van der Waals surface area contributed by atoms with E-state index in [1.165, 1.54) is 10.8 Å². The van der Waals surface area contributed by atoms with Gasteiger partial charge in [-0.05, 0) is 61.0 Å². The summed E-state index contributed by atoms with van der Waals surface area (Å²) in [6, 6.07) is 15.6. The molecule has 2 aromatic carbocycles. The number of methoxy groups -OCH3 is 1. The Kier molecular flexibility index (Phi) is 6.03. The summed E-state index contributed by atoms with van der Waals surface area (Å²) in [5, 5.41) is 0.534. The molecule has 4 aromatic rings. The molecule has 0 aliphatic rings. The number of carbonyl (C=O) groups excluding carboxylic acids is 1. The van der Waals surface area contributed by atoms with Crippen LogP contribution in [-0.4, -0.2) is 27.7 Å². The fraction of sp³-hybridized carbons (Fsp3) is 0.0800. The Morgan fingerprint density at radius 1 is 1.09 bits per heavy atom. The van der Waals surface area contributed by atoms with Gasteiger partial charge in [0, 0.05) is 22.3 Å². The maximum atomic E-state index is 12.6. The van der Waals surface area contributed by atoms with Crippen molar-refractivity contribution in [3.05, 3.63) is 82.5 Å². The third-order valence-electron chi connectivity index (χ3n) is 5.05. The van der Waals surface area contributed by atoms with Crippen LogP contribution in [0.1, 0.15) is 16.7 Å². The molecule has 0 saturated carbocycles. The molecule has 0 bridgehead atoms. The fourth-order valence-corrected chi connectivity index (χ4v) is 3.65. The number of benzene rings is 2. The van der Waals surface area contributed by atoms with Gasteiger partial charge in [-0.15, -0.1) is 0 Å². The Labute approximate surface area is 196 Å². The normalized spacial score (nSPS) is 10.4. The summed E-state index contributed by atoms with van der Waals surface area (Å²) in [5.74, 6) is 7.07. The largest absolute Gasteiger partial charge is 0.497 e. The molecular formula is C25H20ClN5O2. The van der Waals surface area contributed by atoms with E-state index >= 15 is 0 Å². The zero-order valence-corrected chi connectivity index (χ0v) is 18.7. The Morgan fingerprint density at radius 2 is 1.85 bits per heavy atom. The molecule has 0 aliphatic carbocycles.